The highest BCUT2D eigenvalue weighted by molar-refractivity contribution is 7.92. The van der Waals surface area contributed by atoms with Gasteiger partial charge in [-0.2, -0.15) is 0 Å². The van der Waals surface area contributed by atoms with Crippen LogP contribution in [0.5, 0.6) is 0 Å². The van der Waals surface area contributed by atoms with E-state index in [1.165, 1.54) is 54.4 Å². The van der Waals surface area contributed by atoms with Gasteiger partial charge in [0.25, 0.3) is 15.7 Å². The second kappa shape index (κ2) is 12.9. The van der Waals surface area contributed by atoms with Crippen molar-refractivity contribution in [3.8, 4) is 0 Å². The molecule has 0 fully saturated rings. The van der Waals surface area contributed by atoms with Crippen molar-refractivity contribution >= 4 is 56.4 Å². The van der Waals surface area contributed by atoms with E-state index >= 15 is 0 Å². The van der Waals surface area contributed by atoms with Crippen LogP contribution in [-0.2, 0) is 26.2 Å². The molecule has 0 saturated carbocycles. The molecule has 13 heteroatoms. The van der Waals surface area contributed by atoms with Gasteiger partial charge in [0, 0.05) is 41.3 Å². The summed E-state index contributed by atoms with van der Waals surface area (Å²) in [6, 6.07) is 16.1. The fourth-order valence-corrected chi connectivity index (χ4v) is 5.89. The van der Waals surface area contributed by atoms with E-state index in [0.717, 1.165) is 10.4 Å². The van der Waals surface area contributed by atoms with Crippen LogP contribution in [0, 0.1) is 10.1 Å². The van der Waals surface area contributed by atoms with Gasteiger partial charge in [-0.25, -0.2) is 8.42 Å². The number of likely N-dealkylation sites (N-methyl/N-ethyl adjacent to an activating group) is 1. The van der Waals surface area contributed by atoms with Gasteiger partial charge in [-0.3, -0.25) is 24.0 Å². The molecule has 0 spiro atoms. The number of nitro benzene ring substituents is 1. The molecule has 10 nitrogen and oxygen atoms in total. The predicted octanol–water partition coefficient (Wildman–Crippen LogP) is 4.65. The van der Waals surface area contributed by atoms with Crippen LogP contribution in [0.3, 0.4) is 0 Å². The van der Waals surface area contributed by atoms with Gasteiger partial charge in [-0.1, -0.05) is 60.5 Å². The Labute approximate surface area is 236 Å². The predicted molar refractivity (Wildman–Crippen MR) is 149 cm³/mol. The number of benzene rings is 3. The fraction of sp³-hybridized carbons (Fsp3) is 0.231. The number of rotatable bonds is 11. The third-order valence-corrected chi connectivity index (χ3v) is 8.46. The third kappa shape index (κ3) is 6.86. The molecule has 0 heterocycles. The average Bonchev–Trinajstić information content (AvgIpc) is 2.93. The second-order valence-electron chi connectivity index (χ2n) is 8.36. The van der Waals surface area contributed by atoms with E-state index < -0.39 is 39.3 Å². The van der Waals surface area contributed by atoms with E-state index in [4.69, 9.17) is 23.2 Å². The summed E-state index contributed by atoms with van der Waals surface area (Å²) in [4.78, 5) is 38.5. The Morgan fingerprint density at radius 2 is 1.62 bits per heavy atom. The molecule has 0 aliphatic heterocycles. The number of hydrogen-bond acceptors (Lipinski definition) is 6. The van der Waals surface area contributed by atoms with Gasteiger partial charge < -0.3 is 10.2 Å². The van der Waals surface area contributed by atoms with Crippen LogP contribution in [-0.4, -0.2) is 49.7 Å². The highest BCUT2D eigenvalue weighted by Crippen LogP contribution is 2.30. The normalized spacial score (nSPS) is 11.9. The molecule has 0 aliphatic rings. The van der Waals surface area contributed by atoms with Gasteiger partial charge in [-0.15, -0.1) is 0 Å². The molecular weight excluding hydrogens is 567 g/mol. The summed E-state index contributed by atoms with van der Waals surface area (Å²) in [5, 5.41) is 14.5. The number of halogens is 2. The summed E-state index contributed by atoms with van der Waals surface area (Å²) < 4.78 is 28.3. The number of carbonyl (C=O) groups is 2. The minimum atomic E-state index is -4.36. The Balaban J connectivity index is 2.13. The van der Waals surface area contributed by atoms with Crippen LogP contribution in [0.1, 0.15) is 18.9 Å². The Bertz CT molecular complexity index is 1450. The molecule has 2 amide bonds. The zero-order chi connectivity index (χ0) is 28.7. The zero-order valence-corrected chi connectivity index (χ0v) is 23.4. The van der Waals surface area contributed by atoms with Gasteiger partial charge in [0.2, 0.25) is 11.8 Å². The fourth-order valence-electron chi connectivity index (χ4n) is 3.95. The molecule has 39 heavy (non-hydrogen) atoms. The van der Waals surface area contributed by atoms with Crippen LogP contribution >= 0.6 is 23.2 Å². The van der Waals surface area contributed by atoms with Crippen LogP contribution in [0.4, 0.5) is 11.4 Å². The SMILES string of the molecule is CC[C@@H](C(=O)NC)N(Cc1c(Cl)cccc1Cl)C(=O)CN(c1cccc([N+](=O)[O-])c1)S(=O)(=O)c1ccccc1. The number of amides is 2. The lowest BCUT2D eigenvalue weighted by Crippen LogP contribution is -2.51. The highest BCUT2D eigenvalue weighted by atomic mass is 35.5. The number of nitrogens with one attached hydrogen (secondary N) is 1. The van der Waals surface area contributed by atoms with Crippen molar-refractivity contribution in [2.24, 2.45) is 0 Å². The molecule has 0 saturated heterocycles. The van der Waals surface area contributed by atoms with E-state index in [9.17, 15) is 28.1 Å². The standard InChI is InChI=1S/C26H26Cl2N4O6S/c1-3-24(26(34)29-2)30(16-21-22(27)13-8-14-23(21)28)25(33)17-31(18-9-7-10-19(15-18)32(35)36)39(37,38)20-11-5-4-6-12-20/h4-15,24H,3,16-17H2,1-2H3,(H,29,34)/t24-/m0/s1. The van der Waals surface area contributed by atoms with Gasteiger partial charge in [0.1, 0.15) is 12.6 Å². The van der Waals surface area contributed by atoms with E-state index in [1.807, 2.05) is 0 Å². The van der Waals surface area contributed by atoms with Gasteiger partial charge >= 0.3 is 0 Å². The summed E-state index contributed by atoms with van der Waals surface area (Å²) >= 11 is 12.7. The highest BCUT2D eigenvalue weighted by Gasteiger charge is 2.34. The maximum atomic E-state index is 13.9. The summed E-state index contributed by atoms with van der Waals surface area (Å²) in [5.41, 5.74) is -0.0702. The topological polar surface area (TPSA) is 130 Å². The first kappa shape index (κ1) is 29.9. The Hall–Kier alpha value is -3.67. The molecule has 1 atom stereocenters. The first-order valence-corrected chi connectivity index (χ1v) is 14.0. The molecular formula is C26H26Cl2N4O6S. The van der Waals surface area contributed by atoms with Crippen LogP contribution in [0.25, 0.3) is 0 Å². The van der Waals surface area contributed by atoms with Crippen molar-refractivity contribution in [3.05, 3.63) is 98.5 Å². The number of sulfonamides is 1. The van der Waals surface area contributed by atoms with E-state index in [1.54, 1.807) is 31.2 Å². The number of nitrogens with zero attached hydrogens (tertiary/aromatic N) is 3. The van der Waals surface area contributed by atoms with Crippen LogP contribution in [0.15, 0.2) is 77.7 Å². The second-order valence-corrected chi connectivity index (χ2v) is 11.0. The molecule has 3 rings (SSSR count). The van der Waals surface area contributed by atoms with E-state index in [2.05, 4.69) is 5.32 Å². The van der Waals surface area contributed by atoms with Crippen molar-refractivity contribution in [3.63, 3.8) is 0 Å². The number of hydrogen-bond donors (Lipinski definition) is 1. The third-order valence-electron chi connectivity index (χ3n) is 5.96. The minimum Gasteiger partial charge on any atom is -0.357 e. The van der Waals surface area contributed by atoms with Gasteiger partial charge in [-0.05, 0) is 36.8 Å². The van der Waals surface area contributed by atoms with Gasteiger partial charge in [0.15, 0.2) is 0 Å². The quantitative estimate of drug-likeness (QED) is 0.255. The Morgan fingerprint density at radius 1 is 1.00 bits per heavy atom. The Kier molecular flexibility index (Phi) is 9.90. The van der Waals surface area contributed by atoms with Crippen molar-refractivity contribution in [2.45, 2.75) is 30.8 Å². The average molecular weight is 593 g/mol. The van der Waals surface area contributed by atoms with Crippen LogP contribution < -0.4 is 9.62 Å². The lowest BCUT2D eigenvalue weighted by atomic mass is 10.1. The molecule has 0 aromatic heterocycles. The molecule has 0 aliphatic carbocycles. The van der Waals surface area contributed by atoms with Crippen LogP contribution in [0.2, 0.25) is 10.0 Å². The van der Waals surface area contributed by atoms with Crippen molar-refractivity contribution in [1.29, 1.82) is 0 Å². The van der Waals surface area contributed by atoms with Crippen molar-refractivity contribution in [1.82, 2.24) is 10.2 Å². The molecule has 1 N–H and O–H groups in total. The maximum absolute atomic E-state index is 13.9. The van der Waals surface area contributed by atoms with E-state index in [0.29, 0.717) is 5.56 Å². The lowest BCUT2D eigenvalue weighted by molar-refractivity contribution is -0.384. The summed E-state index contributed by atoms with van der Waals surface area (Å²) in [6.07, 6.45) is 0.204. The van der Waals surface area contributed by atoms with Gasteiger partial charge in [0.05, 0.1) is 15.5 Å². The molecule has 0 radical (unpaired) electrons. The van der Waals surface area contributed by atoms with E-state index in [-0.39, 0.29) is 39.3 Å². The first-order valence-electron chi connectivity index (χ1n) is 11.8. The summed E-state index contributed by atoms with van der Waals surface area (Å²) in [7, 11) is -2.94. The molecule has 0 bridgehead atoms. The first-order chi connectivity index (χ1) is 18.5. The largest absolute Gasteiger partial charge is 0.357 e. The minimum absolute atomic E-state index is 0.0925. The molecule has 3 aromatic carbocycles. The monoisotopic (exact) mass is 592 g/mol. The summed E-state index contributed by atoms with van der Waals surface area (Å²) in [6.45, 7) is 0.763. The summed E-state index contributed by atoms with van der Waals surface area (Å²) in [5.74, 6) is -1.21. The molecule has 3 aromatic rings. The number of non-ortho nitro benzene ring substituents is 1. The maximum Gasteiger partial charge on any atom is 0.271 e. The number of nitro groups is 1. The smallest absolute Gasteiger partial charge is 0.271 e. The molecule has 206 valence electrons. The molecule has 0 unspecified atom stereocenters. The Morgan fingerprint density at radius 3 is 2.18 bits per heavy atom. The van der Waals surface area contributed by atoms with Crippen molar-refractivity contribution in [2.75, 3.05) is 17.9 Å². The number of carbonyl (C=O) groups excluding carboxylic acids is 2. The lowest BCUT2D eigenvalue weighted by Gasteiger charge is -2.33. The zero-order valence-electron chi connectivity index (χ0n) is 21.1. The van der Waals surface area contributed by atoms with Crippen molar-refractivity contribution < 1.29 is 22.9 Å². The number of anilines is 1.